The van der Waals surface area contributed by atoms with Crippen LogP contribution in [0.3, 0.4) is 0 Å². The van der Waals surface area contributed by atoms with Crippen LogP contribution in [0.2, 0.25) is 0 Å². The van der Waals surface area contributed by atoms with Crippen molar-refractivity contribution in [2.24, 2.45) is 4.99 Å². The van der Waals surface area contributed by atoms with Gasteiger partial charge >= 0.3 is 0 Å². The first-order valence-corrected chi connectivity index (χ1v) is 2.89. The zero-order valence-electron chi connectivity index (χ0n) is 4.83. The number of nitrogens with zero attached hydrogens (tertiary/aromatic N) is 1. The van der Waals surface area contributed by atoms with E-state index in [-0.39, 0.29) is 0 Å². The minimum Gasteiger partial charge on any atom is -0.276 e. The second-order valence-corrected chi connectivity index (χ2v) is 2.04. The molecule has 1 aliphatic carbocycles. The van der Waals surface area contributed by atoms with E-state index in [2.05, 4.69) is 23.1 Å². The van der Waals surface area contributed by atoms with Crippen LogP contribution in [0.15, 0.2) is 28.8 Å². The summed E-state index contributed by atoms with van der Waals surface area (Å²) < 4.78 is 0. The molecular formula is C7H6N2. The van der Waals surface area contributed by atoms with Gasteiger partial charge in [0.15, 0.2) is 6.67 Å². The number of hydrogen-bond acceptors (Lipinski definition) is 2. The fraction of sp³-hybridized carbons (Fsp3) is 0.143. The van der Waals surface area contributed by atoms with Gasteiger partial charge in [0.1, 0.15) is 0 Å². The highest BCUT2D eigenvalue weighted by molar-refractivity contribution is 5.83. The third-order valence-corrected chi connectivity index (χ3v) is 1.45. The van der Waals surface area contributed by atoms with Crippen LogP contribution in [-0.4, -0.2) is 12.3 Å². The van der Waals surface area contributed by atoms with Crippen molar-refractivity contribution in [2.45, 2.75) is 6.04 Å². The van der Waals surface area contributed by atoms with Gasteiger partial charge in [0, 0.05) is 6.21 Å². The highest BCUT2D eigenvalue weighted by Gasteiger charge is 2.14. The third-order valence-electron chi connectivity index (χ3n) is 1.45. The Morgan fingerprint density at radius 2 is 2.67 bits per heavy atom. The number of hydrogen-bond donors (Lipinski definition) is 1. The topological polar surface area (TPSA) is 24.4 Å². The second kappa shape index (κ2) is 1.81. The first-order valence-electron chi connectivity index (χ1n) is 2.89. The van der Waals surface area contributed by atoms with E-state index in [4.69, 9.17) is 0 Å². The van der Waals surface area contributed by atoms with Crippen molar-refractivity contribution >= 4 is 6.21 Å². The van der Waals surface area contributed by atoms with Crippen molar-refractivity contribution in [3.05, 3.63) is 30.5 Å². The van der Waals surface area contributed by atoms with Gasteiger partial charge in [-0.2, -0.15) is 0 Å². The standard InChI is InChI=1S/C7H6N2/c1-2-6-4-8-5-9-7(6)3-1/h1-4,7,9H. The van der Waals surface area contributed by atoms with E-state index in [1.54, 1.807) is 0 Å². The average Bonchev–Trinajstić information content (AvgIpc) is 2.33. The number of aliphatic imine (C=N–C) groups is 1. The Labute approximate surface area is 54.0 Å². The molecule has 1 heterocycles. The van der Waals surface area contributed by atoms with Crippen LogP contribution in [0.25, 0.3) is 0 Å². The van der Waals surface area contributed by atoms with Crippen LogP contribution >= 0.6 is 0 Å². The molecule has 2 nitrogen and oxygen atoms in total. The fourth-order valence-electron chi connectivity index (χ4n) is 0.961. The summed E-state index contributed by atoms with van der Waals surface area (Å²) in [5.41, 5.74) is 1.22. The molecule has 9 heavy (non-hydrogen) atoms. The van der Waals surface area contributed by atoms with Crippen LogP contribution < -0.4 is 5.32 Å². The minimum absolute atomic E-state index is 0.336. The summed E-state index contributed by atoms with van der Waals surface area (Å²) in [5.74, 6) is 0. The SMILES string of the molecule is [C]1N=CC2=CC=CC2N1. The quantitative estimate of drug-likeness (QED) is 0.492. The Morgan fingerprint density at radius 1 is 1.67 bits per heavy atom. The number of allylic oxidation sites excluding steroid dienone is 2. The zero-order chi connectivity index (χ0) is 6.10. The molecule has 2 radical (unpaired) electrons. The zero-order valence-corrected chi connectivity index (χ0v) is 4.83. The van der Waals surface area contributed by atoms with Gasteiger partial charge in [-0.05, 0) is 5.57 Å². The molecule has 1 aliphatic heterocycles. The van der Waals surface area contributed by atoms with Gasteiger partial charge in [0.2, 0.25) is 0 Å². The smallest absolute Gasteiger partial charge is 0.196 e. The molecular weight excluding hydrogens is 112 g/mol. The molecule has 0 fully saturated rings. The molecule has 0 aromatic heterocycles. The summed E-state index contributed by atoms with van der Waals surface area (Å²) in [4.78, 5) is 3.83. The molecule has 1 N–H and O–H groups in total. The first-order chi connectivity index (χ1) is 4.47. The van der Waals surface area contributed by atoms with Crippen LogP contribution in [-0.2, 0) is 0 Å². The lowest BCUT2D eigenvalue weighted by molar-refractivity contribution is 0.748. The molecule has 2 heteroatoms. The Bertz CT molecular complexity index is 201. The van der Waals surface area contributed by atoms with Crippen molar-refractivity contribution in [2.75, 3.05) is 0 Å². The summed E-state index contributed by atoms with van der Waals surface area (Å²) in [7, 11) is 0. The van der Waals surface area contributed by atoms with Gasteiger partial charge in [-0.25, -0.2) is 0 Å². The molecule has 0 spiro atoms. The molecule has 2 aliphatic rings. The lowest BCUT2D eigenvalue weighted by Gasteiger charge is -2.13. The maximum absolute atomic E-state index is 3.83. The first kappa shape index (κ1) is 4.94. The molecule has 0 aromatic rings. The molecule has 0 saturated carbocycles. The molecule has 0 amide bonds. The Balaban J connectivity index is 2.31. The third kappa shape index (κ3) is 0.715. The van der Waals surface area contributed by atoms with Crippen LogP contribution in [0.5, 0.6) is 0 Å². The van der Waals surface area contributed by atoms with E-state index < -0.39 is 0 Å². The predicted molar refractivity (Wildman–Crippen MR) is 35.9 cm³/mol. The lowest BCUT2D eigenvalue weighted by Crippen LogP contribution is -2.28. The highest BCUT2D eigenvalue weighted by Crippen LogP contribution is 2.12. The number of nitrogens with one attached hydrogen (secondary N) is 1. The van der Waals surface area contributed by atoms with Crippen molar-refractivity contribution in [3.63, 3.8) is 0 Å². The summed E-state index contributed by atoms with van der Waals surface area (Å²) in [6, 6.07) is 0.336. The van der Waals surface area contributed by atoms with E-state index in [9.17, 15) is 0 Å². The largest absolute Gasteiger partial charge is 0.276 e. The van der Waals surface area contributed by atoms with Crippen molar-refractivity contribution in [1.82, 2.24) is 5.32 Å². The molecule has 0 bridgehead atoms. The highest BCUT2D eigenvalue weighted by atomic mass is 15.0. The van der Waals surface area contributed by atoms with E-state index in [0.29, 0.717) is 6.04 Å². The molecule has 1 unspecified atom stereocenters. The Kier molecular flexibility index (Phi) is 0.993. The number of fused-ring (bicyclic) bond motifs is 1. The second-order valence-electron chi connectivity index (χ2n) is 2.04. The van der Waals surface area contributed by atoms with Crippen molar-refractivity contribution in [3.8, 4) is 0 Å². The fourth-order valence-corrected chi connectivity index (χ4v) is 0.961. The van der Waals surface area contributed by atoms with Crippen LogP contribution in [0, 0.1) is 6.67 Å². The molecule has 0 aromatic carbocycles. The maximum Gasteiger partial charge on any atom is 0.196 e. The minimum atomic E-state index is 0.336. The van der Waals surface area contributed by atoms with Gasteiger partial charge in [-0.3, -0.25) is 10.3 Å². The molecule has 1 atom stereocenters. The normalized spacial score (nSPS) is 30.2. The monoisotopic (exact) mass is 118 g/mol. The molecule has 44 valence electrons. The summed E-state index contributed by atoms with van der Waals surface area (Å²) >= 11 is 0. The number of rotatable bonds is 0. The average molecular weight is 118 g/mol. The van der Waals surface area contributed by atoms with Gasteiger partial charge < -0.3 is 0 Å². The van der Waals surface area contributed by atoms with Crippen LogP contribution in [0.1, 0.15) is 0 Å². The summed E-state index contributed by atoms with van der Waals surface area (Å²) in [6.07, 6.45) is 7.96. The summed E-state index contributed by atoms with van der Waals surface area (Å²) in [6.45, 7) is 2.68. The van der Waals surface area contributed by atoms with Gasteiger partial charge in [0.05, 0.1) is 6.04 Å². The Hall–Kier alpha value is -0.890. The van der Waals surface area contributed by atoms with E-state index >= 15 is 0 Å². The van der Waals surface area contributed by atoms with E-state index in [0.717, 1.165) is 0 Å². The maximum atomic E-state index is 3.83. The summed E-state index contributed by atoms with van der Waals surface area (Å²) in [5, 5.41) is 2.98. The molecule has 2 rings (SSSR count). The Morgan fingerprint density at radius 3 is 3.56 bits per heavy atom. The van der Waals surface area contributed by atoms with Gasteiger partial charge in [-0.1, -0.05) is 18.2 Å². The lowest BCUT2D eigenvalue weighted by atomic mass is 10.1. The van der Waals surface area contributed by atoms with Crippen molar-refractivity contribution in [1.29, 1.82) is 0 Å². The van der Waals surface area contributed by atoms with Crippen LogP contribution in [0.4, 0.5) is 0 Å². The predicted octanol–water partition coefficient (Wildman–Crippen LogP) is 0.521. The van der Waals surface area contributed by atoms with E-state index in [1.165, 1.54) is 5.57 Å². The van der Waals surface area contributed by atoms with Gasteiger partial charge in [-0.15, -0.1) is 0 Å². The van der Waals surface area contributed by atoms with Gasteiger partial charge in [0.25, 0.3) is 0 Å². The molecule has 0 saturated heterocycles. The van der Waals surface area contributed by atoms with E-state index in [1.807, 2.05) is 18.4 Å². The van der Waals surface area contributed by atoms with Crippen molar-refractivity contribution < 1.29 is 0 Å².